The van der Waals surface area contributed by atoms with Gasteiger partial charge in [-0.05, 0) is 48.7 Å². The quantitative estimate of drug-likeness (QED) is 0.818. The van der Waals surface area contributed by atoms with E-state index in [1.165, 1.54) is 4.90 Å². The maximum atomic E-state index is 12.6. The largest absolute Gasteiger partial charge is 0.508 e. The van der Waals surface area contributed by atoms with Gasteiger partial charge in [-0.1, -0.05) is 18.2 Å². The van der Waals surface area contributed by atoms with Crippen molar-refractivity contribution in [3.8, 4) is 5.75 Å². The highest BCUT2D eigenvalue weighted by Gasteiger charge is 2.32. The number of aryl methyl sites for hydroxylation is 2. The number of fused-ring (bicyclic) bond motifs is 1. The number of imide groups is 1. The van der Waals surface area contributed by atoms with Crippen LogP contribution in [0.1, 0.15) is 27.0 Å². The van der Waals surface area contributed by atoms with Crippen molar-refractivity contribution < 1.29 is 14.7 Å². The highest BCUT2D eigenvalue weighted by Crippen LogP contribution is 2.31. The Hall–Kier alpha value is -2.62. The molecule has 1 aliphatic rings. The van der Waals surface area contributed by atoms with E-state index in [0.29, 0.717) is 22.4 Å². The molecule has 106 valence electrons. The van der Waals surface area contributed by atoms with Crippen molar-refractivity contribution in [3.63, 3.8) is 0 Å². The molecule has 0 atom stereocenters. The van der Waals surface area contributed by atoms with Gasteiger partial charge in [0.25, 0.3) is 5.91 Å². The Balaban J connectivity index is 2.14. The van der Waals surface area contributed by atoms with Gasteiger partial charge >= 0.3 is 0 Å². The number of anilines is 1. The summed E-state index contributed by atoms with van der Waals surface area (Å²) in [5.74, 6) is -0.393. The van der Waals surface area contributed by atoms with E-state index in [1.807, 2.05) is 6.07 Å². The molecule has 21 heavy (non-hydrogen) atoms. The molecule has 1 heterocycles. The molecule has 0 aromatic heterocycles. The van der Waals surface area contributed by atoms with Crippen molar-refractivity contribution in [2.24, 2.45) is 0 Å². The number of carbonyl (C=O) groups excluding carboxylic acids is 2. The molecule has 0 radical (unpaired) electrons. The standard InChI is InChI=1S/C17H15NO3/c1-10-8-15(19)11(2)7-14(10)18-16(20)9-12-5-3-4-6-13(12)17(18)21/h3-8,19H,9H2,1-2H3. The van der Waals surface area contributed by atoms with Crippen molar-refractivity contribution in [2.75, 3.05) is 4.90 Å². The molecule has 0 fully saturated rings. The van der Waals surface area contributed by atoms with Crippen LogP contribution in [0.15, 0.2) is 36.4 Å². The molecule has 1 N–H and O–H groups in total. The van der Waals surface area contributed by atoms with Gasteiger partial charge in [-0.3, -0.25) is 9.59 Å². The average Bonchev–Trinajstić information content (AvgIpc) is 2.44. The number of rotatable bonds is 1. The van der Waals surface area contributed by atoms with Crippen LogP contribution < -0.4 is 4.90 Å². The van der Waals surface area contributed by atoms with E-state index in [0.717, 1.165) is 5.56 Å². The highest BCUT2D eigenvalue weighted by molar-refractivity contribution is 6.25. The third-order valence-electron chi connectivity index (χ3n) is 3.80. The van der Waals surface area contributed by atoms with Crippen LogP contribution in [0.5, 0.6) is 5.75 Å². The normalized spacial score (nSPS) is 14.3. The Morgan fingerprint density at radius 1 is 1.05 bits per heavy atom. The Labute approximate surface area is 122 Å². The van der Waals surface area contributed by atoms with Gasteiger partial charge in [-0.15, -0.1) is 0 Å². The summed E-state index contributed by atoms with van der Waals surface area (Å²) < 4.78 is 0. The second-order valence-corrected chi connectivity index (χ2v) is 5.29. The Morgan fingerprint density at radius 2 is 1.76 bits per heavy atom. The van der Waals surface area contributed by atoms with Gasteiger partial charge in [-0.25, -0.2) is 4.90 Å². The topological polar surface area (TPSA) is 57.6 Å². The van der Waals surface area contributed by atoms with Crippen molar-refractivity contribution in [1.82, 2.24) is 0 Å². The third-order valence-corrected chi connectivity index (χ3v) is 3.80. The second-order valence-electron chi connectivity index (χ2n) is 5.29. The second kappa shape index (κ2) is 4.74. The number of hydrogen-bond acceptors (Lipinski definition) is 3. The number of nitrogens with zero attached hydrogens (tertiary/aromatic N) is 1. The van der Waals surface area contributed by atoms with E-state index in [-0.39, 0.29) is 24.0 Å². The highest BCUT2D eigenvalue weighted by atomic mass is 16.3. The van der Waals surface area contributed by atoms with Crippen LogP contribution >= 0.6 is 0 Å². The van der Waals surface area contributed by atoms with Gasteiger partial charge < -0.3 is 5.11 Å². The van der Waals surface area contributed by atoms with E-state index in [1.54, 1.807) is 44.2 Å². The van der Waals surface area contributed by atoms with Gasteiger partial charge in [0, 0.05) is 5.56 Å². The lowest BCUT2D eigenvalue weighted by molar-refractivity contribution is -0.117. The van der Waals surface area contributed by atoms with Crippen LogP contribution in [0.2, 0.25) is 0 Å². The van der Waals surface area contributed by atoms with E-state index in [4.69, 9.17) is 0 Å². The van der Waals surface area contributed by atoms with Gasteiger partial charge in [0.2, 0.25) is 5.91 Å². The van der Waals surface area contributed by atoms with Crippen LogP contribution in [0.4, 0.5) is 5.69 Å². The lowest BCUT2D eigenvalue weighted by Gasteiger charge is -2.28. The molecule has 2 amide bonds. The molecular formula is C17H15NO3. The minimum atomic E-state index is -0.310. The lowest BCUT2D eigenvalue weighted by Crippen LogP contribution is -2.42. The Kier molecular flexibility index (Phi) is 3.01. The molecule has 0 unspecified atom stereocenters. The van der Waals surface area contributed by atoms with E-state index in [2.05, 4.69) is 0 Å². The first-order valence-corrected chi connectivity index (χ1v) is 6.74. The zero-order valence-corrected chi connectivity index (χ0v) is 11.9. The summed E-state index contributed by atoms with van der Waals surface area (Å²) in [6, 6.07) is 10.4. The Bertz CT molecular complexity index is 765. The van der Waals surface area contributed by atoms with Crippen molar-refractivity contribution in [2.45, 2.75) is 20.3 Å². The van der Waals surface area contributed by atoms with E-state index >= 15 is 0 Å². The van der Waals surface area contributed by atoms with Gasteiger partial charge in [0.15, 0.2) is 0 Å². The minimum absolute atomic E-state index is 0.161. The van der Waals surface area contributed by atoms with Crippen LogP contribution in [-0.2, 0) is 11.2 Å². The molecule has 2 aromatic rings. The Morgan fingerprint density at radius 3 is 2.52 bits per heavy atom. The molecule has 1 aliphatic heterocycles. The zero-order valence-electron chi connectivity index (χ0n) is 11.9. The summed E-state index contributed by atoms with van der Waals surface area (Å²) in [5, 5.41) is 9.72. The molecule has 4 nitrogen and oxygen atoms in total. The predicted octanol–water partition coefficient (Wildman–Crippen LogP) is 2.74. The first-order valence-electron chi connectivity index (χ1n) is 6.74. The maximum absolute atomic E-state index is 12.6. The van der Waals surface area contributed by atoms with Crippen LogP contribution in [0, 0.1) is 13.8 Å². The maximum Gasteiger partial charge on any atom is 0.265 e. The molecule has 0 saturated carbocycles. The molecule has 2 aromatic carbocycles. The predicted molar refractivity (Wildman–Crippen MR) is 79.5 cm³/mol. The molecular weight excluding hydrogens is 266 g/mol. The monoisotopic (exact) mass is 281 g/mol. The van der Waals surface area contributed by atoms with E-state index < -0.39 is 0 Å². The summed E-state index contributed by atoms with van der Waals surface area (Å²) in [5.41, 5.74) is 3.18. The fourth-order valence-electron chi connectivity index (χ4n) is 2.63. The van der Waals surface area contributed by atoms with E-state index in [9.17, 15) is 14.7 Å². The molecule has 0 saturated heterocycles. The third kappa shape index (κ3) is 2.09. The summed E-state index contributed by atoms with van der Waals surface area (Å²) in [7, 11) is 0. The first-order chi connectivity index (χ1) is 9.99. The molecule has 0 spiro atoms. The van der Waals surface area contributed by atoms with Gasteiger partial charge in [-0.2, -0.15) is 0 Å². The van der Waals surface area contributed by atoms with Crippen molar-refractivity contribution in [3.05, 3.63) is 58.7 Å². The average molecular weight is 281 g/mol. The summed E-state index contributed by atoms with van der Waals surface area (Å²) in [4.78, 5) is 26.2. The lowest BCUT2D eigenvalue weighted by atomic mass is 9.97. The first kappa shape index (κ1) is 13.4. The smallest absolute Gasteiger partial charge is 0.265 e. The van der Waals surface area contributed by atoms with Gasteiger partial charge in [0.1, 0.15) is 5.75 Å². The minimum Gasteiger partial charge on any atom is -0.508 e. The number of amides is 2. The SMILES string of the molecule is Cc1cc(N2C(=O)Cc3ccccc3C2=O)c(C)cc1O. The van der Waals surface area contributed by atoms with Crippen LogP contribution in [-0.4, -0.2) is 16.9 Å². The zero-order chi connectivity index (χ0) is 15.1. The number of aromatic hydroxyl groups is 1. The number of phenolic OH excluding ortho intramolecular Hbond substituents is 1. The summed E-state index contributed by atoms with van der Waals surface area (Å²) in [6.07, 6.45) is 0.210. The number of carbonyl (C=O) groups is 2. The number of phenols is 1. The van der Waals surface area contributed by atoms with Crippen molar-refractivity contribution >= 4 is 17.5 Å². The number of benzene rings is 2. The number of hydrogen-bond donors (Lipinski definition) is 1. The van der Waals surface area contributed by atoms with Crippen LogP contribution in [0.3, 0.4) is 0 Å². The van der Waals surface area contributed by atoms with Crippen LogP contribution in [0.25, 0.3) is 0 Å². The fraction of sp³-hybridized carbons (Fsp3) is 0.176. The molecule has 3 rings (SSSR count). The molecule has 4 heteroatoms. The van der Waals surface area contributed by atoms with Crippen molar-refractivity contribution in [1.29, 1.82) is 0 Å². The summed E-state index contributed by atoms with van der Waals surface area (Å²) in [6.45, 7) is 3.51. The molecule has 0 aliphatic carbocycles. The fourth-order valence-corrected chi connectivity index (χ4v) is 2.63. The molecule has 0 bridgehead atoms. The van der Waals surface area contributed by atoms with Gasteiger partial charge in [0.05, 0.1) is 12.1 Å². The summed E-state index contributed by atoms with van der Waals surface area (Å²) >= 11 is 0.